The normalized spacial score (nSPS) is 11.7. The maximum absolute atomic E-state index is 12.6. The Balaban J connectivity index is 1.93. The Bertz CT molecular complexity index is 912. The van der Waals surface area contributed by atoms with Crippen LogP contribution in [0.1, 0.15) is 17.5 Å². The second-order valence-electron chi connectivity index (χ2n) is 5.15. The van der Waals surface area contributed by atoms with Crippen molar-refractivity contribution in [3.8, 4) is 10.6 Å². The Labute approximate surface area is 139 Å². The lowest BCUT2D eigenvalue weighted by atomic mass is 10.2. The zero-order chi connectivity index (χ0) is 16.4. The minimum Gasteiger partial charge on any atom is -0.322 e. The van der Waals surface area contributed by atoms with Crippen molar-refractivity contribution in [1.82, 2.24) is 14.5 Å². The highest BCUT2D eigenvalue weighted by Crippen LogP contribution is 2.30. The molecule has 0 N–H and O–H groups in total. The highest BCUT2D eigenvalue weighted by atomic mass is 32.2. The molecule has 0 aliphatic heterocycles. The molecule has 0 atom stereocenters. The summed E-state index contributed by atoms with van der Waals surface area (Å²) < 4.78 is 26.9. The molecular weight excluding hydrogens is 330 g/mol. The standard InChI is InChI=1S/C16H17N3O2S2/c1-3-19-10-9-17-16(19)23(20,21)11-14-12(2)18-15(22-14)13-7-5-4-6-8-13/h4-10H,3,11H2,1-2H3. The van der Waals surface area contributed by atoms with Gasteiger partial charge in [0.1, 0.15) is 5.01 Å². The first-order valence-electron chi connectivity index (χ1n) is 7.27. The molecule has 2 heterocycles. The van der Waals surface area contributed by atoms with E-state index in [-0.39, 0.29) is 10.9 Å². The van der Waals surface area contributed by atoms with Gasteiger partial charge in [-0.15, -0.1) is 11.3 Å². The molecule has 0 fully saturated rings. The van der Waals surface area contributed by atoms with Crippen LogP contribution in [0.2, 0.25) is 0 Å². The molecular formula is C16H17N3O2S2. The Hall–Kier alpha value is -1.99. The van der Waals surface area contributed by atoms with Gasteiger partial charge in [-0.3, -0.25) is 0 Å². The van der Waals surface area contributed by atoms with Gasteiger partial charge >= 0.3 is 0 Å². The van der Waals surface area contributed by atoms with Gasteiger partial charge in [0.05, 0.1) is 11.4 Å². The van der Waals surface area contributed by atoms with E-state index in [2.05, 4.69) is 9.97 Å². The van der Waals surface area contributed by atoms with Crippen molar-refractivity contribution in [2.75, 3.05) is 0 Å². The molecule has 0 amide bonds. The van der Waals surface area contributed by atoms with Gasteiger partial charge in [-0.2, -0.15) is 0 Å². The Morgan fingerprint density at radius 2 is 1.96 bits per heavy atom. The van der Waals surface area contributed by atoms with Gasteiger partial charge in [-0.1, -0.05) is 30.3 Å². The van der Waals surface area contributed by atoms with Gasteiger partial charge in [0.2, 0.25) is 15.0 Å². The van der Waals surface area contributed by atoms with Crippen molar-refractivity contribution in [2.45, 2.75) is 31.3 Å². The van der Waals surface area contributed by atoms with Gasteiger partial charge in [0, 0.05) is 29.4 Å². The number of sulfone groups is 1. The van der Waals surface area contributed by atoms with E-state index in [0.29, 0.717) is 6.54 Å². The third kappa shape index (κ3) is 3.20. The first kappa shape index (κ1) is 15.9. The zero-order valence-corrected chi connectivity index (χ0v) is 14.6. The summed E-state index contributed by atoms with van der Waals surface area (Å²) in [7, 11) is -3.48. The first-order valence-corrected chi connectivity index (χ1v) is 9.73. The molecule has 3 aromatic rings. The molecule has 23 heavy (non-hydrogen) atoms. The second kappa shape index (κ2) is 6.25. The van der Waals surface area contributed by atoms with Crippen LogP contribution in [-0.4, -0.2) is 23.0 Å². The Morgan fingerprint density at radius 3 is 2.65 bits per heavy atom. The van der Waals surface area contributed by atoms with Gasteiger partial charge < -0.3 is 4.57 Å². The predicted octanol–water partition coefficient (Wildman–Crippen LogP) is 3.31. The van der Waals surface area contributed by atoms with Crippen molar-refractivity contribution in [3.63, 3.8) is 0 Å². The smallest absolute Gasteiger partial charge is 0.227 e. The van der Waals surface area contributed by atoms with Gasteiger partial charge in [-0.25, -0.2) is 18.4 Å². The summed E-state index contributed by atoms with van der Waals surface area (Å²) in [6.45, 7) is 4.32. The fourth-order valence-electron chi connectivity index (χ4n) is 2.32. The van der Waals surface area contributed by atoms with E-state index in [4.69, 9.17) is 0 Å². The number of hydrogen-bond donors (Lipinski definition) is 0. The monoisotopic (exact) mass is 347 g/mol. The molecule has 0 saturated heterocycles. The molecule has 2 aromatic heterocycles. The van der Waals surface area contributed by atoms with E-state index in [1.165, 1.54) is 17.5 Å². The molecule has 0 aliphatic rings. The minimum absolute atomic E-state index is 0.0691. The van der Waals surface area contributed by atoms with Crippen LogP contribution in [0.4, 0.5) is 0 Å². The van der Waals surface area contributed by atoms with Crippen molar-refractivity contribution < 1.29 is 8.42 Å². The van der Waals surface area contributed by atoms with Crippen LogP contribution in [0.5, 0.6) is 0 Å². The molecule has 0 spiro atoms. The van der Waals surface area contributed by atoms with Crippen LogP contribution >= 0.6 is 11.3 Å². The third-order valence-electron chi connectivity index (χ3n) is 3.53. The second-order valence-corrected chi connectivity index (χ2v) is 8.12. The number of thiazole rings is 1. The number of benzene rings is 1. The summed E-state index contributed by atoms with van der Waals surface area (Å²) in [4.78, 5) is 9.28. The number of hydrogen-bond acceptors (Lipinski definition) is 5. The number of aryl methyl sites for hydroxylation is 2. The lowest BCUT2D eigenvalue weighted by Gasteiger charge is -2.05. The Kier molecular flexibility index (Phi) is 4.32. The molecule has 0 bridgehead atoms. The predicted molar refractivity (Wildman–Crippen MR) is 91.1 cm³/mol. The number of imidazole rings is 1. The fourth-order valence-corrected chi connectivity index (χ4v) is 5.33. The quantitative estimate of drug-likeness (QED) is 0.710. The van der Waals surface area contributed by atoms with Gasteiger partial charge in [0.15, 0.2) is 0 Å². The SMILES string of the molecule is CCn1ccnc1S(=O)(=O)Cc1sc(-c2ccccc2)nc1C. The van der Waals surface area contributed by atoms with Gasteiger partial charge in [0.25, 0.3) is 0 Å². The Morgan fingerprint density at radius 1 is 1.22 bits per heavy atom. The average molecular weight is 347 g/mol. The van der Waals surface area contributed by atoms with Crippen LogP contribution in [0.25, 0.3) is 10.6 Å². The molecule has 3 rings (SSSR count). The average Bonchev–Trinajstić information content (AvgIpc) is 3.15. The van der Waals surface area contributed by atoms with E-state index in [9.17, 15) is 8.42 Å². The number of nitrogens with zero attached hydrogens (tertiary/aromatic N) is 3. The van der Waals surface area contributed by atoms with Gasteiger partial charge in [-0.05, 0) is 13.8 Å². The van der Waals surface area contributed by atoms with E-state index in [0.717, 1.165) is 21.1 Å². The van der Waals surface area contributed by atoms with Crippen LogP contribution in [0.15, 0.2) is 47.9 Å². The van der Waals surface area contributed by atoms with Crippen LogP contribution in [0.3, 0.4) is 0 Å². The van der Waals surface area contributed by atoms with Crippen molar-refractivity contribution in [1.29, 1.82) is 0 Å². The molecule has 0 saturated carbocycles. The maximum Gasteiger partial charge on any atom is 0.227 e. The summed E-state index contributed by atoms with van der Waals surface area (Å²) in [6.07, 6.45) is 3.20. The van der Waals surface area contributed by atoms with E-state index in [1.54, 1.807) is 10.8 Å². The van der Waals surface area contributed by atoms with Crippen LogP contribution < -0.4 is 0 Å². The molecule has 5 nitrogen and oxygen atoms in total. The summed E-state index contributed by atoms with van der Waals surface area (Å²) >= 11 is 1.42. The zero-order valence-electron chi connectivity index (χ0n) is 12.9. The fraction of sp³-hybridized carbons (Fsp3) is 0.250. The van der Waals surface area contributed by atoms with Crippen molar-refractivity contribution in [3.05, 3.63) is 53.3 Å². The summed E-state index contributed by atoms with van der Waals surface area (Å²) in [6, 6.07) is 9.78. The number of aromatic nitrogens is 3. The molecule has 1 aromatic carbocycles. The molecule has 0 unspecified atom stereocenters. The van der Waals surface area contributed by atoms with Crippen molar-refractivity contribution >= 4 is 21.2 Å². The van der Waals surface area contributed by atoms with Crippen LogP contribution in [-0.2, 0) is 22.1 Å². The molecule has 0 radical (unpaired) electrons. The lowest BCUT2D eigenvalue weighted by Crippen LogP contribution is -2.12. The summed E-state index contributed by atoms with van der Waals surface area (Å²) in [5.74, 6) is -0.0691. The highest BCUT2D eigenvalue weighted by Gasteiger charge is 2.23. The maximum atomic E-state index is 12.6. The molecule has 120 valence electrons. The summed E-state index contributed by atoms with van der Waals surface area (Å²) in [5.41, 5.74) is 1.76. The van der Waals surface area contributed by atoms with Crippen molar-refractivity contribution in [2.24, 2.45) is 0 Å². The van der Waals surface area contributed by atoms with Crippen LogP contribution in [0, 0.1) is 6.92 Å². The topological polar surface area (TPSA) is 64.8 Å². The van der Waals surface area contributed by atoms with E-state index >= 15 is 0 Å². The largest absolute Gasteiger partial charge is 0.322 e. The molecule has 7 heteroatoms. The number of rotatable bonds is 5. The highest BCUT2D eigenvalue weighted by molar-refractivity contribution is 7.90. The van der Waals surface area contributed by atoms with E-state index in [1.807, 2.05) is 44.2 Å². The first-order chi connectivity index (χ1) is 11.0. The third-order valence-corrected chi connectivity index (χ3v) is 6.48. The molecule has 0 aliphatic carbocycles. The summed E-state index contributed by atoms with van der Waals surface area (Å²) in [5, 5.41) is 0.959. The minimum atomic E-state index is -3.48. The van der Waals surface area contributed by atoms with E-state index < -0.39 is 9.84 Å². The lowest BCUT2D eigenvalue weighted by molar-refractivity contribution is 0.568.